The maximum absolute atomic E-state index is 13.2. The van der Waals surface area contributed by atoms with E-state index in [1.807, 2.05) is 56.0 Å². The Labute approximate surface area is 212 Å². The fourth-order valence-electron chi connectivity index (χ4n) is 4.78. The van der Waals surface area contributed by atoms with Gasteiger partial charge in [0.05, 0.1) is 17.7 Å². The lowest BCUT2D eigenvalue weighted by atomic mass is 9.89. The van der Waals surface area contributed by atoms with Gasteiger partial charge in [-0.3, -0.25) is 9.59 Å². The Bertz CT molecular complexity index is 1170. The molecule has 0 unspecified atom stereocenters. The van der Waals surface area contributed by atoms with Crippen molar-refractivity contribution in [1.29, 1.82) is 5.26 Å². The molecule has 2 aliphatic rings. The van der Waals surface area contributed by atoms with E-state index in [1.165, 1.54) is 5.56 Å². The summed E-state index contributed by atoms with van der Waals surface area (Å²) in [6, 6.07) is 14.8. The van der Waals surface area contributed by atoms with E-state index in [0.29, 0.717) is 48.9 Å². The number of nitrogens with one attached hydrogen (secondary N) is 2. The molecule has 0 aliphatic carbocycles. The monoisotopic (exact) mass is 487 g/mol. The highest BCUT2D eigenvalue weighted by Crippen LogP contribution is 2.29. The van der Waals surface area contributed by atoms with Gasteiger partial charge in [0.1, 0.15) is 0 Å². The molecule has 0 bridgehead atoms. The topological polar surface area (TPSA) is 106 Å². The molecule has 0 aromatic heterocycles. The second-order valence-corrected chi connectivity index (χ2v) is 10.0. The molecule has 2 aromatic rings. The van der Waals surface area contributed by atoms with E-state index in [-0.39, 0.29) is 29.8 Å². The maximum Gasteiger partial charge on any atom is 0.319 e. The van der Waals surface area contributed by atoms with Crippen LogP contribution < -0.4 is 10.6 Å². The highest BCUT2D eigenvalue weighted by Gasteiger charge is 2.32. The molecule has 0 atom stereocenters. The number of hydrogen-bond acceptors (Lipinski definition) is 4. The Morgan fingerprint density at radius 1 is 1.00 bits per heavy atom. The molecule has 0 spiro atoms. The zero-order valence-electron chi connectivity index (χ0n) is 21.1. The van der Waals surface area contributed by atoms with E-state index in [0.717, 1.165) is 18.4 Å². The molecule has 2 aliphatic heterocycles. The van der Waals surface area contributed by atoms with Crippen LogP contribution in [0.15, 0.2) is 42.5 Å². The van der Waals surface area contributed by atoms with Crippen LogP contribution in [0.4, 0.5) is 10.5 Å². The molecule has 2 heterocycles. The molecule has 4 rings (SSSR count). The van der Waals surface area contributed by atoms with Crippen LogP contribution in [0.25, 0.3) is 0 Å². The molecule has 4 amide bonds. The Morgan fingerprint density at radius 2 is 1.67 bits per heavy atom. The molecule has 0 saturated carbocycles. The Balaban J connectivity index is 1.31. The van der Waals surface area contributed by atoms with E-state index in [9.17, 15) is 14.4 Å². The number of rotatable bonds is 5. The summed E-state index contributed by atoms with van der Waals surface area (Å²) in [7, 11) is 0. The Kier molecular flexibility index (Phi) is 7.58. The number of nitrogens with zero attached hydrogens (tertiary/aromatic N) is 3. The van der Waals surface area contributed by atoms with Gasteiger partial charge in [-0.25, -0.2) is 4.79 Å². The summed E-state index contributed by atoms with van der Waals surface area (Å²) in [6.45, 7) is 7.97. The van der Waals surface area contributed by atoms with Gasteiger partial charge in [0.2, 0.25) is 5.91 Å². The normalized spacial score (nSPS) is 16.3. The van der Waals surface area contributed by atoms with Gasteiger partial charge in [-0.15, -0.1) is 0 Å². The number of carbonyl (C=O) groups excluding carboxylic acids is 3. The van der Waals surface area contributed by atoms with E-state index in [2.05, 4.69) is 16.7 Å². The molecule has 2 aromatic carbocycles. The first-order valence-electron chi connectivity index (χ1n) is 12.5. The van der Waals surface area contributed by atoms with Crippen molar-refractivity contribution in [2.75, 3.05) is 31.5 Å². The summed E-state index contributed by atoms with van der Waals surface area (Å²) in [5.41, 5.74) is 3.87. The first-order chi connectivity index (χ1) is 17.2. The fraction of sp³-hybridized carbons (Fsp3) is 0.429. The summed E-state index contributed by atoms with van der Waals surface area (Å²) in [4.78, 5) is 41.3. The van der Waals surface area contributed by atoms with Crippen molar-refractivity contribution in [2.24, 2.45) is 5.92 Å². The molecule has 2 saturated heterocycles. The third-order valence-corrected chi connectivity index (χ3v) is 7.05. The average Bonchev–Trinajstić information content (AvgIpc) is 2.86. The van der Waals surface area contributed by atoms with Crippen LogP contribution in [0.1, 0.15) is 59.7 Å². The number of amides is 4. The zero-order chi connectivity index (χ0) is 25.8. The molecule has 0 radical (unpaired) electrons. The van der Waals surface area contributed by atoms with Gasteiger partial charge in [-0.2, -0.15) is 5.26 Å². The highest BCUT2D eigenvalue weighted by atomic mass is 16.2. The summed E-state index contributed by atoms with van der Waals surface area (Å²) >= 11 is 0. The summed E-state index contributed by atoms with van der Waals surface area (Å²) in [5, 5.41) is 14.8. The van der Waals surface area contributed by atoms with Crippen molar-refractivity contribution >= 4 is 23.5 Å². The molecule has 2 N–H and O–H groups in total. The highest BCUT2D eigenvalue weighted by molar-refractivity contribution is 5.97. The first kappa shape index (κ1) is 25.2. The largest absolute Gasteiger partial charge is 0.339 e. The lowest BCUT2D eigenvalue weighted by molar-refractivity contribution is -0.139. The predicted molar refractivity (Wildman–Crippen MR) is 138 cm³/mol. The molecule has 8 heteroatoms. The van der Waals surface area contributed by atoms with Crippen LogP contribution in [0.5, 0.6) is 0 Å². The summed E-state index contributed by atoms with van der Waals surface area (Å²) in [6.07, 6.45) is 1.74. The van der Waals surface area contributed by atoms with Crippen LogP contribution in [0.2, 0.25) is 0 Å². The van der Waals surface area contributed by atoms with Crippen molar-refractivity contribution in [3.05, 3.63) is 64.7 Å². The second kappa shape index (κ2) is 10.8. The SMILES string of the molecule is Cc1ccc(C(=O)N2CCC(c3ccc(C#N)cc3)CC2)cc1NC(=O)NC1CN(C(=O)C(C)C)C1. The van der Waals surface area contributed by atoms with Crippen molar-refractivity contribution in [1.82, 2.24) is 15.1 Å². The lowest BCUT2D eigenvalue weighted by Gasteiger charge is -2.40. The number of aryl methyl sites for hydroxylation is 1. The molecule has 36 heavy (non-hydrogen) atoms. The Morgan fingerprint density at radius 3 is 2.28 bits per heavy atom. The van der Waals surface area contributed by atoms with E-state index >= 15 is 0 Å². The number of nitriles is 1. The van der Waals surface area contributed by atoms with Gasteiger partial charge in [-0.1, -0.05) is 32.0 Å². The molecular weight excluding hydrogens is 454 g/mol. The minimum Gasteiger partial charge on any atom is -0.339 e. The zero-order valence-corrected chi connectivity index (χ0v) is 21.1. The molecule has 8 nitrogen and oxygen atoms in total. The third kappa shape index (κ3) is 5.68. The average molecular weight is 488 g/mol. The lowest BCUT2D eigenvalue weighted by Crippen LogP contribution is -2.62. The quantitative estimate of drug-likeness (QED) is 0.668. The minimum absolute atomic E-state index is 0.0430. The first-order valence-corrected chi connectivity index (χ1v) is 12.5. The van der Waals surface area contributed by atoms with Crippen molar-refractivity contribution < 1.29 is 14.4 Å². The molecular formula is C28H33N5O3. The van der Waals surface area contributed by atoms with E-state index < -0.39 is 0 Å². The van der Waals surface area contributed by atoms with Gasteiger partial charge in [-0.05, 0) is 61.1 Å². The van der Waals surface area contributed by atoms with Gasteiger partial charge >= 0.3 is 6.03 Å². The second-order valence-electron chi connectivity index (χ2n) is 10.0. The smallest absolute Gasteiger partial charge is 0.319 e. The van der Waals surface area contributed by atoms with Crippen LogP contribution in [0.3, 0.4) is 0 Å². The fourth-order valence-corrected chi connectivity index (χ4v) is 4.78. The number of hydrogen-bond donors (Lipinski definition) is 2. The van der Waals surface area contributed by atoms with E-state index in [4.69, 9.17) is 5.26 Å². The number of urea groups is 1. The van der Waals surface area contributed by atoms with Crippen LogP contribution in [-0.4, -0.2) is 59.9 Å². The number of anilines is 1. The third-order valence-electron chi connectivity index (χ3n) is 7.05. The van der Waals surface area contributed by atoms with Gasteiger partial charge < -0.3 is 20.4 Å². The number of benzene rings is 2. The standard InChI is InChI=1S/C28H33N5O3/c1-18(2)26(34)33-16-24(17-33)30-28(36)31-25-14-23(7-4-19(25)3)27(35)32-12-10-22(11-13-32)21-8-5-20(15-29)6-9-21/h4-9,14,18,22,24H,10-13,16-17H2,1-3H3,(H2,30,31,36). The van der Waals surface area contributed by atoms with Gasteiger partial charge in [0.25, 0.3) is 5.91 Å². The van der Waals surface area contributed by atoms with Gasteiger partial charge in [0.15, 0.2) is 0 Å². The van der Waals surface area contributed by atoms with Crippen molar-refractivity contribution in [2.45, 2.75) is 45.6 Å². The number of piperidine rings is 1. The maximum atomic E-state index is 13.2. The predicted octanol–water partition coefficient (Wildman–Crippen LogP) is 3.87. The number of likely N-dealkylation sites (tertiary alicyclic amines) is 2. The van der Waals surface area contributed by atoms with Crippen LogP contribution >= 0.6 is 0 Å². The Hall–Kier alpha value is -3.86. The molecule has 188 valence electrons. The summed E-state index contributed by atoms with van der Waals surface area (Å²) in [5.74, 6) is 0.374. The van der Waals surface area contributed by atoms with Crippen molar-refractivity contribution in [3.63, 3.8) is 0 Å². The van der Waals surface area contributed by atoms with Gasteiger partial charge in [0, 0.05) is 43.3 Å². The van der Waals surface area contributed by atoms with Crippen molar-refractivity contribution in [3.8, 4) is 6.07 Å². The van der Waals surface area contributed by atoms with E-state index in [1.54, 1.807) is 17.0 Å². The van der Waals surface area contributed by atoms with Crippen LogP contribution in [-0.2, 0) is 4.79 Å². The minimum atomic E-state index is -0.340. The van der Waals surface area contributed by atoms with Crippen LogP contribution in [0, 0.1) is 24.2 Å². The number of carbonyl (C=O) groups is 3. The molecule has 2 fully saturated rings. The summed E-state index contributed by atoms with van der Waals surface area (Å²) < 4.78 is 0.